The predicted molar refractivity (Wildman–Crippen MR) is 173 cm³/mol. The van der Waals surface area contributed by atoms with Crippen molar-refractivity contribution < 1.29 is 28.4 Å². The number of hydrogen-bond donors (Lipinski definition) is 1. The summed E-state index contributed by atoms with van der Waals surface area (Å²) in [4.78, 5) is 35.7. The molecule has 0 radical (unpaired) electrons. The van der Waals surface area contributed by atoms with E-state index < -0.39 is 16.8 Å². The van der Waals surface area contributed by atoms with Gasteiger partial charge in [-0.15, -0.1) is 0 Å². The number of hydrogen-bond acceptors (Lipinski definition) is 8. The molecule has 1 N–H and O–H groups in total. The molecule has 0 spiro atoms. The molecule has 0 aliphatic rings. The van der Waals surface area contributed by atoms with Crippen LogP contribution in [0.5, 0.6) is 11.5 Å². The van der Waals surface area contributed by atoms with Crippen LogP contribution in [0.2, 0.25) is 0 Å². The molecule has 2 aromatic heterocycles. The number of nitro benzene ring substituents is 1. The number of ether oxygens (including phenoxy) is 2. The van der Waals surface area contributed by atoms with E-state index in [-0.39, 0.29) is 29.4 Å². The molecule has 228 valence electrons. The first-order valence-electron chi connectivity index (χ1n) is 13.3. The van der Waals surface area contributed by atoms with Crippen molar-refractivity contribution in [2.24, 2.45) is 5.10 Å². The van der Waals surface area contributed by atoms with Crippen LogP contribution in [0.3, 0.4) is 0 Å². The molecule has 5 aromatic rings. The fourth-order valence-electron chi connectivity index (χ4n) is 4.37. The standard InChI is InChI=1S/C32H24Br2N4O7/c1-19-3-4-20(2)37(19)24-9-11-26(12-10-24)43-18-27-13-14-29(44-27)31(39)36-35-17-22-15-23(33)16-28(34)30(22)45-32(40)21-5-7-25(8-6-21)38(41)42/h3-17H,18H2,1-2H3,(H,36,39)/b35-17-. The number of aryl methyl sites for hydroxylation is 2. The normalized spacial score (nSPS) is 11.0. The molecule has 2 heterocycles. The third-order valence-electron chi connectivity index (χ3n) is 6.55. The van der Waals surface area contributed by atoms with Gasteiger partial charge in [0, 0.05) is 39.2 Å². The van der Waals surface area contributed by atoms with Crippen LogP contribution in [0.1, 0.15) is 43.6 Å². The highest BCUT2D eigenvalue weighted by Crippen LogP contribution is 2.33. The molecule has 0 bridgehead atoms. The van der Waals surface area contributed by atoms with Crippen molar-refractivity contribution in [1.29, 1.82) is 0 Å². The minimum atomic E-state index is -0.737. The number of nitro groups is 1. The third-order valence-corrected chi connectivity index (χ3v) is 7.59. The molecule has 0 aliphatic carbocycles. The first kappa shape index (κ1) is 31.4. The number of carbonyl (C=O) groups is 2. The van der Waals surface area contributed by atoms with Crippen LogP contribution in [0.15, 0.2) is 103 Å². The van der Waals surface area contributed by atoms with Crippen LogP contribution < -0.4 is 14.9 Å². The Morgan fingerprint density at radius 1 is 0.978 bits per heavy atom. The van der Waals surface area contributed by atoms with Gasteiger partial charge in [-0.3, -0.25) is 14.9 Å². The number of halogens is 2. The fourth-order valence-corrected chi connectivity index (χ4v) is 5.71. The molecule has 0 saturated heterocycles. The summed E-state index contributed by atoms with van der Waals surface area (Å²) in [5.41, 5.74) is 6.02. The second-order valence-electron chi connectivity index (χ2n) is 9.70. The van der Waals surface area contributed by atoms with Gasteiger partial charge in [-0.1, -0.05) is 15.9 Å². The Kier molecular flexibility index (Phi) is 9.59. The maximum absolute atomic E-state index is 12.7. The fraction of sp³-hybridized carbons (Fsp3) is 0.0938. The summed E-state index contributed by atoms with van der Waals surface area (Å²) in [7, 11) is 0. The number of non-ortho nitro benzene ring substituents is 1. The molecule has 1 amide bonds. The van der Waals surface area contributed by atoms with E-state index in [2.05, 4.69) is 59.1 Å². The minimum Gasteiger partial charge on any atom is -0.486 e. The molecule has 0 atom stereocenters. The second kappa shape index (κ2) is 13.7. The lowest BCUT2D eigenvalue weighted by atomic mass is 10.2. The molecule has 5 rings (SSSR count). The molecule has 0 aliphatic heterocycles. The molecule has 45 heavy (non-hydrogen) atoms. The van der Waals surface area contributed by atoms with Crippen molar-refractivity contribution in [3.05, 3.63) is 138 Å². The molecule has 13 heteroatoms. The Hall–Kier alpha value is -5.01. The first-order chi connectivity index (χ1) is 21.6. The maximum Gasteiger partial charge on any atom is 0.343 e. The summed E-state index contributed by atoms with van der Waals surface area (Å²) in [5, 5.41) is 14.9. The predicted octanol–water partition coefficient (Wildman–Crippen LogP) is 7.68. The van der Waals surface area contributed by atoms with Gasteiger partial charge >= 0.3 is 11.9 Å². The van der Waals surface area contributed by atoms with Crippen LogP contribution in [-0.4, -0.2) is 27.6 Å². The van der Waals surface area contributed by atoms with Crippen molar-refractivity contribution in [2.45, 2.75) is 20.5 Å². The molecular weight excluding hydrogens is 712 g/mol. The number of carbonyl (C=O) groups excluding carboxylic acids is 2. The Morgan fingerprint density at radius 2 is 1.67 bits per heavy atom. The molecular formula is C32H24Br2N4O7. The number of nitrogens with one attached hydrogen (secondary N) is 1. The van der Waals surface area contributed by atoms with Gasteiger partial charge in [0.15, 0.2) is 11.5 Å². The van der Waals surface area contributed by atoms with Gasteiger partial charge in [0.1, 0.15) is 18.1 Å². The zero-order chi connectivity index (χ0) is 32.1. The zero-order valence-electron chi connectivity index (χ0n) is 23.8. The highest BCUT2D eigenvalue weighted by atomic mass is 79.9. The number of nitrogens with zero attached hydrogens (tertiary/aromatic N) is 3. The number of hydrazone groups is 1. The van der Waals surface area contributed by atoms with Crippen LogP contribution >= 0.6 is 31.9 Å². The van der Waals surface area contributed by atoms with Crippen molar-refractivity contribution in [2.75, 3.05) is 0 Å². The average Bonchev–Trinajstić information content (AvgIpc) is 3.63. The van der Waals surface area contributed by atoms with Gasteiger partial charge in [-0.05, 0) is 103 Å². The average molecular weight is 736 g/mol. The number of esters is 1. The summed E-state index contributed by atoms with van der Waals surface area (Å²) in [5.74, 6) is -0.0829. The monoisotopic (exact) mass is 734 g/mol. The topological polar surface area (TPSA) is 138 Å². The van der Waals surface area contributed by atoms with E-state index in [1.54, 1.807) is 18.2 Å². The van der Waals surface area contributed by atoms with E-state index in [4.69, 9.17) is 13.9 Å². The Morgan fingerprint density at radius 3 is 2.33 bits per heavy atom. The van der Waals surface area contributed by atoms with E-state index >= 15 is 0 Å². The Labute approximate surface area is 273 Å². The highest BCUT2D eigenvalue weighted by molar-refractivity contribution is 9.11. The van der Waals surface area contributed by atoms with Crippen LogP contribution in [0, 0.1) is 24.0 Å². The van der Waals surface area contributed by atoms with Gasteiger partial charge in [0.2, 0.25) is 0 Å². The molecule has 3 aromatic carbocycles. The summed E-state index contributed by atoms with van der Waals surface area (Å²) >= 11 is 6.74. The van der Waals surface area contributed by atoms with E-state index in [1.807, 2.05) is 38.1 Å². The lowest BCUT2D eigenvalue weighted by Crippen LogP contribution is -2.17. The summed E-state index contributed by atoms with van der Waals surface area (Å²) in [6, 6.07) is 23.3. The number of furan rings is 1. The lowest BCUT2D eigenvalue weighted by molar-refractivity contribution is -0.384. The lowest BCUT2D eigenvalue weighted by Gasteiger charge is -2.11. The summed E-state index contributed by atoms with van der Waals surface area (Å²) in [6.45, 7) is 4.22. The Balaban J connectivity index is 1.19. The van der Waals surface area contributed by atoms with E-state index in [0.29, 0.717) is 26.0 Å². The van der Waals surface area contributed by atoms with E-state index in [0.717, 1.165) is 17.1 Å². The van der Waals surface area contributed by atoms with E-state index in [1.165, 1.54) is 36.5 Å². The van der Waals surface area contributed by atoms with Crippen LogP contribution in [0.4, 0.5) is 5.69 Å². The van der Waals surface area contributed by atoms with Crippen LogP contribution in [0.25, 0.3) is 5.69 Å². The molecule has 0 unspecified atom stereocenters. The number of benzene rings is 3. The summed E-state index contributed by atoms with van der Waals surface area (Å²) < 4.78 is 20.2. The van der Waals surface area contributed by atoms with Crippen LogP contribution in [-0.2, 0) is 6.61 Å². The number of aromatic nitrogens is 1. The zero-order valence-corrected chi connectivity index (χ0v) is 27.0. The van der Waals surface area contributed by atoms with Gasteiger partial charge in [-0.25, -0.2) is 10.2 Å². The van der Waals surface area contributed by atoms with E-state index in [9.17, 15) is 19.7 Å². The number of rotatable bonds is 10. The quantitative estimate of drug-likeness (QED) is 0.0511. The SMILES string of the molecule is Cc1ccc(C)n1-c1ccc(OCc2ccc(C(=O)N/N=C\c3cc(Br)cc(Br)c3OC(=O)c3ccc([N+](=O)[O-])cc3)o2)cc1. The molecule has 0 saturated carbocycles. The molecule has 0 fully saturated rings. The first-order valence-corrected chi connectivity index (χ1v) is 14.9. The van der Waals surface area contributed by atoms with Crippen molar-refractivity contribution in [3.63, 3.8) is 0 Å². The van der Waals surface area contributed by atoms with Gasteiger partial charge in [-0.2, -0.15) is 5.10 Å². The second-order valence-corrected chi connectivity index (χ2v) is 11.5. The van der Waals surface area contributed by atoms with Gasteiger partial charge in [0.25, 0.3) is 5.69 Å². The van der Waals surface area contributed by atoms with Crippen molar-refractivity contribution >= 4 is 55.6 Å². The minimum absolute atomic E-state index is 0.0277. The maximum atomic E-state index is 12.7. The number of amides is 1. The van der Waals surface area contributed by atoms with Gasteiger partial charge in [0.05, 0.1) is 21.2 Å². The Bertz CT molecular complexity index is 1890. The molecule has 11 nitrogen and oxygen atoms in total. The largest absolute Gasteiger partial charge is 0.486 e. The smallest absolute Gasteiger partial charge is 0.343 e. The van der Waals surface area contributed by atoms with Crippen molar-refractivity contribution in [3.8, 4) is 17.2 Å². The summed E-state index contributed by atoms with van der Waals surface area (Å²) in [6.07, 6.45) is 1.30. The van der Waals surface area contributed by atoms with Crippen molar-refractivity contribution in [1.82, 2.24) is 9.99 Å². The highest BCUT2D eigenvalue weighted by Gasteiger charge is 2.17. The van der Waals surface area contributed by atoms with Gasteiger partial charge < -0.3 is 18.5 Å². The third kappa shape index (κ3) is 7.56.